The van der Waals surface area contributed by atoms with Gasteiger partial charge in [-0.25, -0.2) is 4.79 Å². The van der Waals surface area contributed by atoms with E-state index in [1.165, 1.54) is 41.6 Å². The fourth-order valence-corrected chi connectivity index (χ4v) is 2.42. The van der Waals surface area contributed by atoms with Gasteiger partial charge < -0.3 is 28.8 Å². The number of hydrogen-bond donors (Lipinski definition) is 1. The summed E-state index contributed by atoms with van der Waals surface area (Å²) in [5.74, 6) is 0.414. The van der Waals surface area contributed by atoms with Gasteiger partial charge in [-0.2, -0.15) is 0 Å². The van der Waals surface area contributed by atoms with Crippen molar-refractivity contribution in [1.29, 1.82) is 0 Å². The Balaban J connectivity index is 3.83. The minimum absolute atomic E-state index is 0.0770. The first-order valence-corrected chi connectivity index (χ1v) is 7.21. The number of aliphatic carboxylic acids is 1. The van der Waals surface area contributed by atoms with Crippen LogP contribution >= 0.6 is 0 Å². The fourth-order valence-electron chi connectivity index (χ4n) is 2.42. The van der Waals surface area contributed by atoms with E-state index in [9.17, 15) is 9.90 Å². The molecule has 7 heteroatoms. The first-order chi connectivity index (χ1) is 11.4. The predicted octanol–water partition coefficient (Wildman–Crippen LogP) is 2.53. The second-order valence-electron chi connectivity index (χ2n) is 4.95. The number of hydrogen-bond acceptors (Lipinski definition) is 6. The smallest absolute Gasteiger partial charge is 0.334 e. The normalized spacial score (nSPS) is 12.5. The van der Waals surface area contributed by atoms with Gasteiger partial charge in [-0.15, -0.1) is 0 Å². The lowest BCUT2D eigenvalue weighted by molar-refractivity contribution is -0.133. The van der Waals surface area contributed by atoms with Gasteiger partial charge >= 0.3 is 5.97 Å². The van der Waals surface area contributed by atoms with Gasteiger partial charge in [0, 0.05) is 18.2 Å². The number of carboxylic acids is 1. The topological polar surface area (TPSA) is 83.5 Å². The maximum atomic E-state index is 11.6. The third-order valence-electron chi connectivity index (χ3n) is 3.76. The van der Waals surface area contributed by atoms with E-state index in [4.69, 9.17) is 23.7 Å². The minimum atomic E-state index is -1.08. The molecule has 7 nitrogen and oxygen atoms in total. The lowest BCUT2D eigenvalue weighted by atomic mass is 9.99. The van der Waals surface area contributed by atoms with Gasteiger partial charge in [-0.3, -0.25) is 0 Å². The van der Waals surface area contributed by atoms with Crippen LogP contribution in [0.4, 0.5) is 0 Å². The number of ether oxygens (including phenoxy) is 5. The summed E-state index contributed by atoms with van der Waals surface area (Å²) in [6, 6.07) is 0. The number of rotatable bonds is 8. The van der Waals surface area contributed by atoms with E-state index in [2.05, 4.69) is 0 Å². The van der Waals surface area contributed by atoms with E-state index < -0.39 is 12.1 Å². The number of carboxylic acid groups (broad SMARTS) is 1. The van der Waals surface area contributed by atoms with Crippen LogP contribution in [-0.4, -0.2) is 52.7 Å². The molecule has 1 rings (SSSR count). The SMILES string of the molecule is COc1c(C)c(/C=C(/C(=O)O)C(C)OC)c(OC)c(OC)c1OC. The van der Waals surface area contributed by atoms with Gasteiger partial charge in [0.1, 0.15) is 0 Å². The summed E-state index contributed by atoms with van der Waals surface area (Å²) in [6.07, 6.45) is 0.889. The van der Waals surface area contributed by atoms with Crippen molar-refractivity contribution in [2.75, 3.05) is 35.5 Å². The monoisotopic (exact) mass is 340 g/mol. The standard InChI is InChI=1S/C17H24O7/c1-9-11(8-12(17(18)19)10(2)20-3)14(22-5)16(24-7)15(23-6)13(9)21-4/h8,10H,1-7H3,(H,18,19)/b12-8+. The summed E-state index contributed by atoms with van der Waals surface area (Å²) in [5, 5.41) is 9.47. The van der Waals surface area contributed by atoms with Crippen LogP contribution in [0.25, 0.3) is 6.08 Å². The highest BCUT2D eigenvalue weighted by Gasteiger charge is 2.26. The van der Waals surface area contributed by atoms with E-state index in [1.54, 1.807) is 13.8 Å². The first-order valence-electron chi connectivity index (χ1n) is 7.21. The van der Waals surface area contributed by atoms with Crippen LogP contribution < -0.4 is 18.9 Å². The van der Waals surface area contributed by atoms with Gasteiger partial charge in [0.2, 0.25) is 11.5 Å². The molecule has 1 aromatic rings. The van der Waals surface area contributed by atoms with Crippen LogP contribution in [0, 0.1) is 6.92 Å². The Hall–Kier alpha value is -2.41. The summed E-state index contributed by atoms with van der Waals surface area (Å²) < 4.78 is 26.7. The van der Waals surface area contributed by atoms with Crippen molar-refractivity contribution < 1.29 is 33.6 Å². The van der Waals surface area contributed by atoms with Crippen molar-refractivity contribution in [2.45, 2.75) is 20.0 Å². The van der Waals surface area contributed by atoms with Gasteiger partial charge in [0.25, 0.3) is 0 Å². The Bertz CT molecular complexity index is 635. The second kappa shape index (κ2) is 8.44. The van der Waals surface area contributed by atoms with E-state index >= 15 is 0 Å². The number of benzene rings is 1. The molecular weight excluding hydrogens is 316 g/mol. The molecule has 1 atom stereocenters. The van der Waals surface area contributed by atoms with Crippen LogP contribution in [0.15, 0.2) is 5.57 Å². The summed E-state index contributed by atoms with van der Waals surface area (Å²) in [7, 11) is 7.38. The van der Waals surface area contributed by atoms with Crippen molar-refractivity contribution in [1.82, 2.24) is 0 Å². The molecule has 0 heterocycles. The maximum absolute atomic E-state index is 11.6. The van der Waals surface area contributed by atoms with E-state index in [1.807, 2.05) is 0 Å². The van der Waals surface area contributed by atoms with E-state index in [-0.39, 0.29) is 5.57 Å². The molecule has 0 saturated heterocycles. The summed E-state index contributed by atoms with van der Waals surface area (Å²) in [4.78, 5) is 11.6. The largest absolute Gasteiger partial charge is 0.492 e. The highest BCUT2D eigenvalue weighted by atomic mass is 16.5. The van der Waals surface area contributed by atoms with Crippen LogP contribution in [0.5, 0.6) is 23.0 Å². The molecule has 134 valence electrons. The number of carbonyl (C=O) groups is 1. The number of methoxy groups -OCH3 is 5. The van der Waals surface area contributed by atoms with Gasteiger partial charge in [0.05, 0.1) is 40.1 Å². The van der Waals surface area contributed by atoms with Crippen molar-refractivity contribution in [3.8, 4) is 23.0 Å². The molecule has 1 aromatic carbocycles. The molecule has 0 aliphatic carbocycles. The molecule has 0 aromatic heterocycles. The summed E-state index contributed by atoms with van der Waals surface area (Å²) in [6.45, 7) is 3.44. The van der Waals surface area contributed by atoms with E-state index in [0.717, 1.165) is 0 Å². The van der Waals surface area contributed by atoms with Gasteiger partial charge in [-0.05, 0) is 19.9 Å². The van der Waals surface area contributed by atoms with E-state index in [0.29, 0.717) is 34.1 Å². The van der Waals surface area contributed by atoms with Crippen molar-refractivity contribution in [2.24, 2.45) is 0 Å². The Kier molecular flexibility index (Phi) is 6.91. The quantitative estimate of drug-likeness (QED) is 0.728. The highest BCUT2D eigenvalue weighted by molar-refractivity contribution is 5.94. The molecule has 0 amide bonds. The molecule has 0 bridgehead atoms. The van der Waals surface area contributed by atoms with Crippen LogP contribution in [0.1, 0.15) is 18.1 Å². The Morgan fingerprint density at radius 1 is 0.917 bits per heavy atom. The molecule has 0 saturated carbocycles. The van der Waals surface area contributed by atoms with Crippen LogP contribution in [-0.2, 0) is 9.53 Å². The second-order valence-corrected chi connectivity index (χ2v) is 4.95. The minimum Gasteiger partial charge on any atom is -0.492 e. The highest BCUT2D eigenvalue weighted by Crippen LogP contribution is 2.50. The Morgan fingerprint density at radius 2 is 1.38 bits per heavy atom. The zero-order chi connectivity index (χ0) is 18.4. The van der Waals surface area contributed by atoms with Crippen LogP contribution in [0.3, 0.4) is 0 Å². The van der Waals surface area contributed by atoms with Crippen molar-refractivity contribution >= 4 is 12.0 Å². The predicted molar refractivity (Wildman–Crippen MR) is 89.5 cm³/mol. The molecule has 1 unspecified atom stereocenters. The molecule has 24 heavy (non-hydrogen) atoms. The molecule has 0 fully saturated rings. The Labute approximate surface area is 141 Å². The first kappa shape index (κ1) is 19.6. The lowest BCUT2D eigenvalue weighted by Crippen LogP contribution is -2.16. The average molecular weight is 340 g/mol. The van der Waals surface area contributed by atoms with Gasteiger partial charge in [-0.1, -0.05) is 0 Å². The molecule has 1 N–H and O–H groups in total. The third kappa shape index (κ3) is 3.56. The van der Waals surface area contributed by atoms with Gasteiger partial charge in [0.15, 0.2) is 11.5 Å². The zero-order valence-electron chi connectivity index (χ0n) is 15.1. The Morgan fingerprint density at radius 3 is 1.75 bits per heavy atom. The summed E-state index contributed by atoms with van der Waals surface area (Å²) in [5.41, 5.74) is 1.26. The van der Waals surface area contributed by atoms with Crippen molar-refractivity contribution in [3.63, 3.8) is 0 Å². The maximum Gasteiger partial charge on any atom is 0.334 e. The fraction of sp³-hybridized carbons (Fsp3) is 0.471. The molecular formula is C17H24O7. The average Bonchev–Trinajstić information content (AvgIpc) is 2.58. The summed E-state index contributed by atoms with van der Waals surface area (Å²) >= 11 is 0. The third-order valence-corrected chi connectivity index (χ3v) is 3.76. The zero-order valence-corrected chi connectivity index (χ0v) is 15.1. The molecule has 0 aliphatic heterocycles. The molecule has 0 radical (unpaired) electrons. The lowest BCUT2D eigenvalue weighted by Gasteiger charge is -2.21. The van der Waals surface area contributed by atoms with Crippen molar-refractivity contribution in [3.05, 3.63) is 16.7 Å². The van der Waals surface area contributed by atoms with Crippen LogP contribution in [0.2, 0.25) is 0 Å². The molecule has 0 spiro atoms. The molecule has 0 aliphatic rings.